The molecule has 1 aliphatic carbocycles. The van der Waals surface area contributed by atoms with Crippen LogP contribution in [0, 0.1) is 6.92 Å². The monoisotopic (exact) mass is 348 g/mol. The van der Waals surface area contributed by atoms with Gasteiger partial charge in [-0.25, -0.2) is 8.42 Å². The molecule has 7 heteroatoms. The summed E-state index contributed by atoms with van der Waals surface area (Å²) in [5.74, 6) is -0.546. The van der Waals surface area contributed by atoms with Gasteiger partial charge in [-0.2, -0.15) is 0 Å². The van der Waals surface area contributed by atoms with Gasteiger partial charge in [0.1, 0.15) is 4.75 Å². The van der Waals surface area contributed by atoms with Gasteiger partial charge in [0.05, 0.1) is 5.25 Å². The van der Waals surface area contributed by atoms with Crippen LogP contribution >= 0.6 is 0 Å². The molecule has 0 atom stereocenters. The van der Waals surface area contributed by atoms with Crippen LogP contribution in [0.15, 0.2) is 29.1 Å². The van der Waals surface area contributed by atoms with Gasteiger partial charge in [-0.05, 0) is 57.4 Å². The first kappa shape index (κ1) is 16.7. The molecule has 1 aromatic carbocycles. The van der Waals surface area contributed by atoms with Gasteiger partial charge >= 0.3 is 0 Å². The molecular weight excluding hydrogens is 328 g/mol. The van der Waals surface area contributed by atoms with Crippen LogP contribution in [0.5, 0.6) is 0 Å². The Bertz CT molecular complexity index is 985. The molecule has 1 heterocycles. The molecule has 1 saturated carbocycles. The van der Waals surface area contributed by atoms with Gasteiger partial charge in [0.25, 0.3) is 0 Å². The molecule has 0 aliphatic heterocycles. The van der Waals surface area contributed by atoms with Crippen molar-refractivity contribution in [3.63, 3.8) is 0 Å². The van der Waals surface area contributed by atoms with Crippen molar-refractivity contribution < 1.29 is 13.2 Å². The normalized spacial score (nSPS) is 15.5. The number of hydrogen-bond donors (Lipinski definition) is 2. The number of rotatable bonds is 4. The van der Waals surface area contributed by atoms with Crippen molar-refractivity contribution in [3.05, 3.63) is 40.2 Å². The second-order valence-corrected chi connectivity index (χ2v) is 9.56. The highest BCUT2D eigenvalue weighted by Gasteiger charge is 2.50. The highest BCUT2D eigenvalue weighted by Crippen LogP contribution is 2.36. The Morgan fingerprint density at radius 3 is 2.54 bits per heavy atom. The number of amides is 1. The zero-order chi connectivity index (χ0) is 17.7. The van der Waals surface area contributed by atoms with Crippen molar-refractivity contribution in [2.24, 2.45) is 0 Å². The predicted molar refractivity (Wildman–Crippen MR) is 94.0 cm³/mol. The van der Waals surface area contributed by atoms with Crippen LogP contribution in [0.4, 0.5) is 5.69 Å². The number of aryl methyl sites for hydroxylation is 1. The van der Waals surface area contributed by atoms with E-state index >= 15 is 0 Å². The van der Waals surface area contributed by atoms with E-state index < -0.39 is 25.7 Å². The molecule has 6 nitrogen and oxygen atoms in total. The summed E-state index contributed by atoms with van der Waals surface area (Å²) >= 11 is 0. The summed E-state index contributed by atoms with van der Waals surface area (Å²) in [7, 11) is -3.50. The van der Waals surface area contributed by atoms with E-state index in [4.69, 9.17) is 0 Å². The lowest BCUT2D eigenvalue weighted by atomic mass is 10.1. The van der Waals surface area contributed by atoms with E-state index in [2.05, 4.69) is 10.3 Å². The van der Waals surface area contributed by atoms with E-state index in [0.717, 1.165) is 10.9 Å². The summed E-state index contributed by atoms with van der Waals surface area (Å²) in [4.78, 5) is 26.8. The average Bonchev–Trinajstić information content (AvgIpc) is 3.32. The molecule has 0 radical (unpaired) electrons. The van der Waals surface area contributed by atoms with Crippen LogP contribution in [-0.4, -0.2) is 29.3 Å². The lowest BCUT2D eigenvalue weighted by Gasteiger charge is -2.23. The second-order valence-electron chi connectivity index (χ2n) is 6.79. The van der Waals surface area contributed by atoms with E-state index in [9.17, 15) is 18.0 Å². The predicted octanol–water partition coefficient (Wildman–Crippen LogP) is 2.13. The topological polar surface area (TPSA) is 96.1 Å². The highest BCUT2D eigenvalue weighted by atomic mass is 32.2. The Balaban J connectivity index is 1.92. The van der Waals surface area contributed by atoms with Gasteiger partial charge in [0, 0.05) is 22.7 Å². The first-order valence-corrected chi connectivity index (χ1v) is 9.36. The van der Waals surface area contributed by atoms with Gasteiger partial charge in [-0.3, -0.25) is 9.59 Å². The Labute approximate surface area is 140 Å². The first-order chi connectivity index (χ1) is 11.1. The quantitative estimate of drug-likeness (QED) is 0.885. The summed E-state index contributed by atoms with van der Waals surface area (Å²) in [5, 5.41) is 3.10. The van der Waals surface area contributed by atoms with Crippen molar-refractivity contribution >= 4 is 32.3 Å². The Morgan fingerprint density at radius 2 is 1.92 bits per heavy atom. The molecule has 1 aliphatic rings. The number of hydrogen-bond acceptors (Lipinski definition) is 4. The summed E-state index contributed by atoms with van der Waals surface area (Å²) in [6, 6.07) is 6.56. The van der Waals surface area contributed by atoms with Crippen molar-refractivity contribution in [3.8, 4) is 0 Å². The van der Waals surface area contributed by atoms with Crippen LogP contribution in [0.25, 0.3) is 10.9 Å². The zero-order valence-electron chi connectivity index (χ0n) is 13.8. The number of anilines is 1. The molecule has 2 aromatic rings. The van der Waals surface area contributed by atoms with Crippen molar-refractivity contribution in [2.75, 3.05) is 5.32 Å². The number of benzene rings is 1. The fourth-order valence-electron chi connectivity index (χ4n) is 2.71. The number of sulfone groups is 1. The summed E-state index contributed by atoms with van der Waals surface area (Å²) in [5.41, 5.74) is 1.77. The molecule has 1 amide bonds. The van der Waals surface area contributed by atoms with Crippen LogP contribution in [-0.2, 0) is 14.6 Å². The minimum atomic E-state index is -3.50. The number of aromatic amines is 1. The van der Waals surface area contributed by atoms with E-state index in [1.807, 2.05) is 6.92 Å². The third kappa shape index (κ3) is 2.73. The fraction of sp³-hybridized carbons (Fsp3) is 0.412. The number of H-pyrrole nitrogens is 1. The lowest BCUT2D eigenvalue weighted by molar-refractivity contribution is -0.117. The van der Waals surface area contributed by atoms with E-state index in [1.165, 1.54) is 19.9 Å². The molecule has 0 unspecified atom stereocenters. The summed E-state index contributed by atoms with van der Waals surface area (Å²) in [6.45, 7) is 4.70. The van der Waals surface area contributed by atoms with Crippen LogP contribution in [0.1, 0.15) is 32.3 Å². The molecule has 1 fully saturated rings. The maximum Gasteiger partial charge on any atom is 0.248 e. The van der Waals surface area contributed by atoms with Gasteiger partial charge in [-0.1, -0.05) is 0 Å². The number of nitrogens with one attached hydrogen (secondary N) is 2. The number of pyridine rings is 1. The number of aromatic nitrogens is 1. The third-order valence-electron chi connectivity index (χ3n) is 4.53. The SMILES string of the molecule is Cc1cc(=O)[nH]c2ccc(NC(=O)C(C)(C)S(=O)(=O)C3CC3)cc12. The maximum atomic E-state index is 12.5. The average molecular weight is 348 g/mol. The van der Waals surface area contributed by atoms with Crippen molar-refractivity contribution in [1.29, 1.82) is 0 Å². The molecule has 2 N–H and O–H groups in total. The molecule has 24 heavy (non-hydrogen) atoms. The first-order valence-electron chi connectivity index (χ1n) is 7.81. The summed E-state index contributed by atoms with van der Waals surface area (Å²) in [6.07, 6.45) is 1.25. The van der Waals surface area contributed by atoms with E-state index in [0.29, 0.717) is 24.0 Å². The summed E-state index contributed by atoms with van der Waals surface area (Å²) < 4.78 is 23.4. The molecule has 0 spiro atoms. The van der Waals surface area contributed by atoms with Gasteiger partial charge in [0.15, 0.2) is 9.84 Å². The smallest absolute Gasteiger partial charge is 0.248 e. The molecule has 1 aromatic heterocycles. The van der Waals surface area contributed by atoms with Crippen LogP contribution in [0.3, 0.4) is 0 Å². The van der Waals surface area contributed by atoms with Crippen molar-refractivity contribution in [1.82, 2.24) is 4.98 Å². The minimum absolute atomic E-state index is 0.187. The molecule has 0 bridgehead atoms. The van der Waals surface area contributed by atoms with Crippen LogP contribution in [0.2, 0.25) is 0 Å². The lowest BCUT2D eigenvalue weighted by Crippen LogP contribution is -2.46. The fourth-order valence-corrected chi connectivity index (χ4v) is 4.61. The highest BCUT2D eigenvalue weighted by molar-refractivity contribution is 7.94. The van der Waals surface area contributed by atoms with Crippen LogP contribution < -0.4 is 10.9 Å². The Kier molecular flexibility index (Phi) is 3.79. The van der Waals surface area contributed by atoms with Crippen molar-refractivity contribution in [2.45, 2.75) is 43.6 Å². The largest absolute Gasteiger partial charge is 0.325 e. The molecule has 3 rings (SSSR count). The number of fused-ring (bicyclic) bond motifs is 1. The molecule has 128 valence electrons. The minimum Gasteiger partial charge on any atom is -0.325 e. The van der Waals surface area contributed by atoms with Gasteiger partial charge in [-0.15, -0.1) is 0 Å². The zero-order valence-corrected chi connectivity index (χ0v) is 14.7. The van der Waals surface area contributed by atoms with Gasteiger partial charge < -0.3 is 10.3 Å². The van der Waals surface area contributed by atoms with Gasteiger partial charge in [0.2, 0.25) is 11.5 Å². The Morgan fingerprint density at radius 1 is 1.25 bits per heavy atom. The van der Waals surface area contributed by atoms with E-state index in [1.54, 1.807) is 18.2 Å². The second kappa shape index (κ2) is 5.44. The molecular formula is C17H20N2O4S. The van der Waals surface area contributed by atoms with E-state index in [-0.39, 0.29) is 5.56 Å². The number of carbonyl (C=O) groups excluding carboxylic acids is 1. The third-order valence-corrected chi connectivity index (χ3v) is 7.49. The standard InChI is InChI=1S/C17H20N2O4S/c1-10-8-15(20)19-14-7-4-11(9-13(10)14)18-16(21)17(2,3)24(22,23)12-5-6-12/h4,7-9,12H,5-6H2,1-3H3,(H,18,21)(H,19,20). The molecule has 0 saturated heterocycles. The number of carbonyl (C=O) groups is 1. The maximum absolute atomic E-state index is 12.5. The Hall–Kier alpha value is -2.15.